The molecule has 3 aromatic heterocycles. The number of para-hydroxylation sites is 2. The topological polar surface area (TPSA) is 100 Å². The van der Waals surface area contributed by atoms with E-state index in [1.165, 1.54) is 0 Å². The first-order valence-corrected chi connectivity index (χ1v) is 10.0. The maximum absolute atomic E-state index is 12.9. The molecule has 5 rings (SSSR count). The van der Waals surface area contributed by atoms with Crippen molar-refractivity contribution in [3.63, 3.8) is 0 Å². The normalized spacial score (nSPS) is 13.9. The van der Waals surface area contributed by atoms with Crippen molar-refractivity contribution < 1.29 is 4.79 Å². The van der Waals surface area contributed by atoms with Gasteiger partial charge in [-0.05, 0) is 36.4 Å². The number of amides is 1. The van der Waals surface area contributed by atoms with Crippen LogP contribution in [0, 0.1) is 0 Å². The van der Waals surface area contributed by atoms with Crippen LogP contribution in [-0.2, 0) is 0 Å². The highest BCUT2D eigenvalue weighted by molar-refractivity contribution is 5.94. The van der Waals surface area contributed by atoms with E-state index in [1.807, 2.05) is 53.4 Å². The predicted molar refractivity (Wildman–Crippen MR) is 117 cm³/mol. The number of nitrogens with one attached hydrogen (secondary N) is 1. The van der Waals surface area contributed by atoms with Gasteiger partial charge in [0, 0.05) is 44.3 Å². The van der Waals surface area contributed by atoms with E-state index in [-0.39, 0.29) is 5.91 Å². The summed E-state index contributed by atoms with van der Waals surface area (Å²) in [5.74, 6) is 1.36. The lowest BCUT2D eigenvalue weighted by Crippen LogP contribution is -2.49. The molecule has 4 heterocycles. The number of piperazine rings is 1. The third-order valence-corrected chi connectivity index (χ3v) is 5.16. The van der Waals surface area contributed by atoms with Gasteiger partial charge in [0.25, 0.3) is 5.91 Å². The number of aromatic nitrogens is 5. The van der Waals surface area contributed by atoms with Crippen molar-refractivity contribution in [3.05, 3.63) is 72.8 Å². The van der Waals surface area contributed by atoms with E-state index in [2.05, 4.69) is 35.4 Å². The van der Waals surface area contributed by atoms with Crippen LogP contribution in [0.4, 0.5) is 17.3 Å². The Bertz CT molecular complexity index is 1190. The molecule has 0 spiro atoms. The van der Waals surface area contributed by atoms with E-state index in [9.17, 15) is 4.79 Å². The summed E-state index contributed by atoms with van der Waals surface area (Å²) in [6, 6.07) is 15.1. The number of pyridine rings is 1. The molecule has 154 valence electrons. The fourth-order valence-electron chi connectivity index (χ4n) is 3.50. The highest BCUT2D eigenvalue weighted by Gasteiger charge is 2.24. The van der Waals surface area contributed by atoms with Crippen molar-refractivity contribution >= 4 is 34.3 Å². The zero-order chi connectivity index (χ0) is 21.0. The maximum Gasteiger partial charge on any atom is 0.274 e. The second-order valence-electron chi connectivity index (χ2n) is 7.16. The van der Waals surface area contributed by atoms with Gasteiger partial charge >= 0.3 is 0 Å². The Labute approximate surface area is 178 Å². The highest BCUT2D eigenvalue weighted by atomic mass is 16.2. The van der Waals surface area contributed by atoms with Crippen molar-refractivity contribution in [3.8, 4) is 0 Å². The minimum atomic E-state index is -0.0964. The van der Waals surface area contributed by atoms with Crippen molar-refractivity contribution in [2.24, 2.45) is 0 Å². The van der Waals surface area contributed by atoms with Crippen LogP contribution in [0.3, 0.4) is 0 Å². The molecule has 0 atom stereocenters. The smallest absolute Gasteiger partial charge is 0.274 e. The summed E-state index contributed by atoms with van der Waals surface area (Å²) in [6.07, 6.45) is 4.99. The van der Waals surface area contributed by atoms with Crippen LogP contribution >= 0.6 is 0 Å². The van der Waals surface area contributed by atoms with E-state index in [0.717, 1.165) is 22.5 Å². The molecule has 1 amide bonds. The lowest BCUT2D eigenvalue weighted by Gasteiger charge is -2.35. The Morgan fingerprint density at radius 1 is 0.871 bits per heavy atom. The van der Waals surface area contributed by atoms with Gasteiger partial charge in [-0.2, -0.15) is 0 Å². The van der Waals surface area contributed by atoms with Gasteiger partial charge in [0.05, 0.1) is 17.2 Å². The zero-order valence-electron chi connectivity index (χ0n) is 16.7. The van der Waals surface area contributed by atoms with Gasteiger partial charge in [-0.25, -0.2) is 4.98 Å². The van der Waals surface area contributed by atoms with E-state index >= 15 is 0 Å². The molecule has 0 radical (unpaired) electrons. The zero-order valence-corrected chi connectivity index (χ0v) is 16.7. The Hall–Kier alpha value is -4.14. The van der Waals surface area contributed by atoms with E-state index in [4.69, 9.17) is 0 Å². The number of carbonyl (C=O) groups excluding carboxylic acids is 1. The van der Waals surface area contributed by atoms with E-state index < -0.39 is 0 Å². The fourth-order valence-corrected chi connectivity index (χ4v) is 3.50. The molecule has 1 aliphatic rings. The molecule has 1 aliphatic heterocycles. The van der Waals surface area contributed by atoms with Gasteiger partial charge in [-0.3, -0.25) is 14.8 Å². The molecular formula is C22H20N8O. The number of carbonyl (C=O) groups is 1. The average Bonchev–Trinajstić information content (AvgIpc) is 2.84. The Morgan fingerprint density at radius 2 is 1.65 bits per heavy atom. The SMILES string of the molecule is O=C(c1cnc2ccccc2n1)N1CCN(c2ccc(Nc3ccncc3)nn2)CC1. The van der Waals surface area contributed by atoms with Crippen molar-refractivity contribution in [1.82, 2.24) is 30.0 Å². The quantitative estimate of drug-likeness (QED) is 0.546. The Morgan fingerprint density at radius 3 is 2.39 bits per heavy atom. The van der Waals surface area contributed by atoms with E-state index in [0.29, 0.717) is 37.7 Å². The van der Waals surface area contributed by atoms with Crippen molar-refractivity contribution in [1.29, 1.82) is 0 Å². The molecule has 0 bridgehead atoms. The maximum atomic E-state index is 12.9. The van der Waals surface area contributed by atoms with E-state index in [1.54, 1.807) is 18.6 Å². The van der Waals surface area contributed by atoms with Gasteiger partial charge in [0.2, 0.25) is 0 Å². The van der Waals surface area contributed by atoms with Crippen LogP contribution in [0.2, 0.25) is 0 Å². The summed E-state index contributed by atoms with van der Waals surface area (Å²) in [5.41, 5.74) is 2.78. The fraction of sp³-hybridized carbons (Fsp3) is 0.182. The second kappa shape index (κ2) is 8.31. The number of nitrogens with zero attached hydrogens (tertiary/aromatic N) is 7. The van der Waals surface area contributed by atoms with Crippen LogP contribution in [0.25, 0.3) is 11.0 Å². The average molecular weight is 412 g/mol. The van der Waals surface area contributed by atoms with Crippen LogP contribution in [0.5, 0.6) is 0 Å². The monoisotopic (exact) mass is 412 g/mol. The molecule has 1 aromatic carbocycles. The van der Waals surface area contributed by atoms with Gasteiger partial charge in [0.15, 0.2) is 11.6 Å². The molecule has 4 aromatic rings. The summed E-state index contributed by atoms with van der Waals surface area (Å²) >= 11 is 0. The molecule has 31 heavy (non-hydrogen) atoms. The summed E-state index contributed by atoms with van der Waals surface area (Å²) in [6.45, 7) is 2.54. The lowest BCUT2D eigenvalue weighted by atomic mass is 10.2. The molecule has 0 unspecified atom stereocenters. The molecule has 1 saturated heterocycles. The third-order valence-electron chi connectivity index (χ3n) is 5.16. The minimum absolute atomic E-state index is 0.0964. The molecule has 1 fully saturated rings. The molecule has 1 N–H and O–H groups in total. The van der Waals surface area contributed by atoms with Crippen LogP contribution in [-0.4, -0.2) is 62.1 Å². The highest BCUT2D eigenvalue weighted by Crippen LogP contribution is 2.18. The Kier molecular flexibility index (Phi) is 5.05. The van der Waals surface area contributed by atoms with Gasteiger partial charge in [0.1, 0.15) is 5.69 Å². The van der Waals surface area contributed by atoms with Gasteiger partial charge in [-0.1, -0.05) is 12.1 Å². The molecule has 0 saturated carbocycles. The van der Waals surface area contributed by atoms with Crippen LogP contribution < -0.4 is 10.2 Å². The number of hydrogen-bond acceptors (Lipinski definition) is 8. The first-order valence-electron chi connectivity index (χ1n) is 10.0. The van der Waals surface area contributed by atoms with Crippen molar-refractivity contribution in [2.75, 3.05) is 36.4 Å². The molecular weight excluding hydrogens is 392 g/mol. The number of hydrogen-bond donors (Lipinski definition) is 1. The summed E-state index contributed by atoms with van der Waals surface area (Å²) < 4.78 is 0. The summed E-state index contributed by atoms with van der Waals surface area (Å²) in [7, 11) is 0. The first-order chi connectivity index (χ1) is 15.3. The molecule has 9 heteroatoms. The minimum Gasteiger partial charge on any atom is -0.352 e. The van der Waals surface area contributed by atoms with Crippen molar-refractivity contribution in [2.45, 2.75) is 0 Å². The standard InChI is InChI=1S/C22H20N8O/c31-22(19-15-24-17-3-1-2-4-18(17)26-19)30-13-11-29(12-14-30)21-6-5-20(27-28-21)25-16-7-9-23-10-8-16/h1-10,15H,11-14H2,(H,23,25,27). The number of rotatable bonds is 4. The summed E-state index contributed by atoms with van der Waals surface area (Å²) in [5, 5.41) is 11.8. The Balaban J connectivity index is 1.21. The van der Waals surface area contributed by atoms with Crippen LogP contribution in [0.1, 0.15) is 10.5 Å². The number of fused-ring (bicyclic) bond motifs is 1. The van der Waals surface area contributed by atoms with Gasteiger partial charge in [-0.15, -0.1) is 10.2 Å². The summed E-state index contributed by atoms with van der Waals surface area (Å²) in [4.78, 5) is 29.6. The number of anilines is 3. The predicted octanol–water partition coefficient (Wildman–Crippen LogP) is 2.52. The third kappa shape index (κ3) is 4.11. The second-order valence-corrected chi connectivity index (χ2v) is 7.16. The molecule has 0 aliphatic carbocycles. The largest absolute Gasteiger partial charge is 0.352 e. The molecule has 9 nitrogen and oxygen atoms in total. The number of benzene rings is 1. The first kappa shape index (κ1) is 18.9. The van der Waals surface area contributed by atoms with Crippen LogP contribution in [0.15, 0.2) is 67.1 Å². The lowest BCUT2D eigenvalue weighted by molar-refractivity contribution is 0.0740. The van der Waals surface area contributed by atoms with Gasteiger partial charge < -0.3 is 15.1 Å².